The van der Waals surface area contributed by atoms with E-state index in [0.717, 1.165) is 46.2 Å². The van der Waals surface area contributed by atoms with Crippen molar-refractivity contribution in [2.24, 2.45) is 0 Å². The molecule has 28 heavy (non-hydrogen) atoms. The number of ketones is 1. The Hall–Kier alpha value is -3.54. The van der Waals surface area contributed by atoms with E-state index in [-0.39, 0.29) is 5.78 Å². The van der Waals surface area contributed by atoms with Gasteiger partial charge in [0.2, 0.25) is 5.95 Å². The molecule has 138 valence electrons. The minimum Gasteiger partial charge on any atom is -0.366 e. The normalized spacial score (nSPS) is 13.6. The number of anilines is 3. The van der Waals surface area contributed by atoms with Crippen LogP contribution in [0.4, 0.5) is 17.5 Å². The van der Waals surface area contributed by atoms with Crippen molar-refractivity contribution in [3.05, 3.63) is 60.3 Å². The van der Waals surface area contributed by atoms with Gasteiger partial charge in [-0.3, -0.25) is 4.79 Å². The lowest BCUT2D eigenvalue weighted by Crippen LogP contribution is -2.06. The molecule has 1 aliphatic carbocycles. The largest absolute Gasteiger partial charge is 0.366 e. The molecule has 2 aromatic carbocycles. The van der Waals surface area contributed by atoms with Crippen molar-refractivity contribution in [3.8, 4) is 0 Å². The van der Waals surface area contributed by atoms with E-state index < -0.39 is 0 Å². The zero-order valence-corrected chi connectivity index (χ0v) is 15.4. The van der Waals surface area contributed by atoms with Gasteiger partial charge < -0.3 is 10.6 Å². The predicted molar refractivity (Wildman–Crippen MR) is 111 cm³/mol. The molecule has 4 aromatic rings. The summed E-state index contributed by atoms with van der Waals surface area (Å²) >= 11 is 0. The van der Waals surface area contributed by atoms with Crippen LogP contribution in [0.1, 0.15) is 30.1 Å². The summed E-state index contributed by atoms with van der Waals surface area (Å²) in [4.78, 5) is 25.8. The molecule has 0 spiro atoms. The van der Waals surface area contributed by atoms with Crippen LogP contribution in [-0.4, -0.2) is 26.8 Å². The van der Waals surface area contributed by atoms with Gasteiger partial charge in [0.15, 0.2) is 11.6 Å². The number of rotatable bonds is 5. The van der Waals surface area contributed by atoms with E-state index in [0.29, 0.717) is 17.6 Å². The van der Waals surface area contributed by atoms with Crippen LogP contribution in [-0.2, 0) is 0 Å². The lowest BCUT2D eigenvalue weighted by atomic mass is 10.1. The summed E-state index contributed by atoms with van der Waals surface area (Å²) in [5.41, 5.74) is 3.14. The Morgan fingerprint density at radius 1 is 1.04 bits per heavy atom. The molecule has 0 unspecified atom stereocenters. The standard InChI is InChI=1S/C22H19N5O/c1-13(28)14-7-10-17-18-12-23-22(25-15-5-3-2-4-6-15)27-20(18)21(24-16-8-9-16)26-19(17)11-14/h2-7,10-12,16H,8-9H2,1H3,(H,24,26)(H,23,25,27). The summed E-state index contributed by atoms with van der Waals surface area (Å²) in [6, 6.07) is 15.9. The summed E-state index contributed by atoms with van der Waals surface area (Å²) in [6.07, 6.45) is 4.09. The van der Waals surface area contributed by atoms with Crippen LogP contribution in [0.5, 0.6) is 0 Å². The van der Waals surface area contributed by atoms with Crippen LogP contribution in [0, 0.1) is 0 Å². The number of para-hydroxylation sites is 1. The smallest absolute Gasteiger partial charge is 0.227 e. The van der Waals surface area contributed by atoms with Gasteiger partial charge in [-0.15, -0.1) is 0 Å². The van der Waals surface area contributed by atoms with Crippen molar-refractivity contribution in [2.45, 2.75) is 25.8 Å². The van der Waals surface area contributed by atoms with Gasteiger partial charge in [-0.05, 0) is 38.0 Å². The van der Waals surface area contributed by atoms with E-state index in [2.05, 4.69) is 15.6 Å². The maximum Gasteiger partial charge on any atom is 0.227 e. The third kappa shape index (κ3) is 3.13. The molecule has 0 aliphatic heterocycles. The zero-order valence-electron chi connectivity index (χ0n) is 15.4. The Morgan fingerprint density at radius 2 is 1.86 bits per heavy atom. The molecule has 1 fully saturated rings. The quantitative estimate of drug-likeness (QED) is 0.392. The van der Waals surface area contributed by atoms with Crippen molar-refractivity contribution < 1.29 is 4.79 Å². The molecule has 2 aromatic heterocycles. The second-order valence-corrected chi connectivity index (χ2v) is 7.11. The van der Waals surface area contributed by atoms with Crippen LogP contribution < -0.4 is 10.6 Å². The third-order valence-corrected chi connectivity index (χ3v) is 4.89. The second kappa shape index (κ2) is 6.56. The fourth-order valence-corrected chi connectivity index (χ4v) is 3.24. The highest BCUT2D eigenvalue weighted by molar-refractivity contribution is 6.10. The van der Waals surface area contributed by atoms with Gasteiger partial charge in [0, 0.05) is 34.3 Å². The van der Waals surface area contributed by atoms with E-state index in [4.69, 9.17) is 9.97 Å². The van der Waals surface area contributed by atoms with Crippen molar-refractivity contribution in [1.82, 2.24) is 15.0 Å². The Kier molecular flexibility index (Phi) is 3.90. The summed E-state index contributed by atoms with van der Waals surface area (Å²) in [6.45, 7) is 1.57. The highest BCUT2D eigenvalue weighted by Gasteiger charge is 2.23. The minimum atomic E-state index is 0.0270. The first-order valence-electron chi connectivity index (χ1n) is 9.37. The summed E-state index contributed by atoms with van der Waals surface area (Å²) in [7, 11) is 0. The van der Waals surface area contributed by atoms with E-state index >= 15 is 0 Å². The van der Waals surface area contributed by atoms with E-state index in [1.807, 2.05) is 54.7 Å². The highest BCUT2D eigenvalue weighted by Crippen LogP contribution is 2.32. The molecule has 6 nitrogen and oxygen atoms in total. The lowest BCUT2D eigenvalue weighted by Gasteiger charge is -2.12. The van der Waals surface area contributed by atoms with Crippen LogP contribution in [0.15, 0.2) is 54.7 Å². The molecule has 0 bridgehead atoms. The number of carbonyl (C=O) groups excluding carboxylic acids is 1. The van der Waals surface area contributed by atoms with E-state index in [9.17, 15) is 4.79 Å². The SMILES string of the molecule is CC(=O)c1ccc2c(c1)nc(NC1CC1)c1nc(Nc3ccccc3)ncc12. The number of hydrogen-bond acceptors (Lipinski definition) is 6. The molecule has 0 atom stereocenters. The van der Waals surface area contributed by atoms with Crippen molar-refractivity contribution >= 4 is 45.0 Å². The van der Waals surface area contributed by atoms with Gasteiger partial charge in [0.05, 0.1) is 5.52 Å². The number of fused-ring (bicyclic) bond motifs is 3. The van der Waals surface area contributed by atoms with Gasteiger partial charge in [0.1, 0.15) is 5.52 Å². The molecule has 2 N–H and O–H groups in total. The van der Waals surface area contributed by atoms with Gasteiger partial charge in [-0.2, -0.15) is 0 Å². The molecular formula is C22H19N5O. The number of aromatic nitrogens is 3. The third-order valence-electron chi connectivity index (χ3n) is 4.89. The molecule has 0 radical (unpaired) electrons. The maximum absolute atomic E-state index is 11.8. The first-order valence-corrected chi connectivity index (χ1v) is 9.37. The zero-order chi connectivity index (χ0) is 19.1. The maximum atomic E-state index is 11.8. The Morgan fingerprint density at radius 3 is 2.61 bits per heavy atom. The number of benzene rings is 2. The van der Waals surface area contributed by atoms with Gasteiger partial charge in [-0.1, -0.05) is 30.3 Å². The van der Waals surface area contributed by atoms with Gasteiger partial charge in [-0.25, -0.2) is 15.0 Å². The number of nitrogens with zero attached hydrogens (tertiary/aromatic N) is 3. The number of hydrogen-bond donors (Lipinski definition) is 2. The summed E-state index contributed by atoms with van der Waals surface area (Å²) in [5, 5.41) is 8.57. The van der Waals surface area contributed by atoms with Gasteiger partial charge >= 0.3 is 0 Å². The van der Waals surface area contributed by atoms with Crippen molar-refractivity contribution in [1.29, 1.82) is 0 Å². The Balaban J connectivity index is 1.67. The van der Waals surface area contributed by atoms with Gasteiger partial charge in [0.25, 0.3) is 0 Å². The van der Waals surface area contributed by atoms with E-state index in [1.165, 1.54) is 0 Å². The molecule has 5 rings (SSSR count). The average Bonchev–Trinajstić information content (AvgIpc) is 3.52. The first kappa shape index (κ1) is 16.6. The number of pyridine rings is 1. The van der Waals surface area contributed by atoms with Crippen LogP contribution >= 0.6 is 0 Å². The van der Waals surface area contributed by atoms with E-state index in [1.54, 1.807) is 6.92 Å². The molecule has 1 saturated carbocycles. The minimum absolute atomic E-state index is 0.0270. The monoisotopic (exact) mass is 369 g/mol. The van der Waals surface area contributed by atoms with Crippen LogP contribution in [0.3, 0.4) is 0 Å². The average molecular weight is 369 g/mol. The topological polar surface area (TPSA) is 79.8 Å². The fraction of sp³-hybridized carbons (Fsp3) is 0.182. The van der Waals surface area contributed by atoms with Crippen LogP contribution in [0.2, 0.25) is 0 Å². The number of carbonyl (C=O) groups is 1. The molecular weight excluding hydrogens is 350 g/mol. The predicted octanol–water partition coefficient (Wildman–Crippen LogP) is 4.70. The fourth-order valence-electron chi connectivity index (χ4n) is 3.24. The Bertz CT molecular complexity index is 1200. The second-order valence-electron chi connectivity index (χ2n) is 7.11. The molecule has 0 saturated heterocycles. The lowest BCUT2D eigenvalue weighted by molar-refractivity contribution is 0.101. The molecule has 1 aliphatic rings. The first-order chi connectivity index (χ1) is 13.7. The highest BCUT2D eigenvalue weighted by atomic mass is 16.1. The Labute approximate surface area is 162 Å². The molecule has 2 heterocycles. The number of nitrogens with one attached hydrogen (secondary N) is 2. The summed E-state index contributed by atoms with van der Waals surface area (Å²) in [5.74, 6) is 1.29. The van der Waals surface area contributed by atoms with Crippen molar-refractivity contribution in [2.75, 3.05) is 10.6 Å². The molecule has 6 heteroatoms. The van der Waals surface area contributed by atoms with Crippen LogP contribution in [0.25, 0.3) is 21.8 Å². The summed E-state index contributed by atoms with van der Waals surface area (Å²) < 4.78 is 0. The molecule has 0 amide bonds. The number of Topliss-reactive ketones (excluding diaryl/α,β-unsaturated/α-hetero) is 1. The van der Waals surface area contributed by atoms with Crippen molar-refractivity contribution in [3.63, 3.8) is 0 Å².